The highest BCUT2D eigenvalue weighted by atomic mass is 16.6. The molecule has 2 aliphatic rings. The zero-order valence-electron chi connectivity index (χ0n) is 13.0. The van der Waals surface area contributed by atoms with E-state index in [2.05, 4.69) is 18.3 Å². The van der Waals surface area contributed by atoms with Gasteiger partial charge >= 0.3 is 0 Å². The second-order valence-electron chi connectivity index (χ2n) is 6.18. The molecular formula is C17H25NO3. The summed E-state index contributed by atoms with van der Waals surface area (Å²) in [6, 6.07) is 4.10. The van der Waals surface area contributed by atoms with E-state index >= 15 is 0 Å². The first-order chi connectivity index (χ1) is 10.3. The Balaban J connectivity index is 1.63. The summed E-state index contributed by atoms with van der Waals surface area (Å²) in [6.07, 6.45) is 5.36. The molecule has 1 aromatic rings. The van der Waals surface area contributed by atoms with Crippen molar-refractivity contribution in [1.82, 2.24) is 5.32 Å². The smallest absolute Gasteiger partial charge is 0.203 e. The van der Waals surface area contributed by atoms with E-state index in [4.69, 9.17) is 14.2 Å². The van der Waals surface area contributed by atoms with Gasteiger partial charge in [-0.2, -0.15) is 0 Å². The Morgan fingerprint density at radius 2 is 2.05 bits per heavy atom. The van der Waals surface area contributed by atoms with Gasteiger partial charge in [-0.15, -0.1) is 0 Å². The number of fused-ring (bicyclic) bond motifs is 1. The lowest BCUT2D eigenvalue weighted by atomic mass is 10.0. The van der Waals surface area contributed by atoms with Crippen LogP contribution in [0.1, 0.15) is 38.2 Å². The minimum absolute atomic E-state index is 0.576. The van der Waals surface area contributed by atoms with Crippen LogP contribution in [0.3, 0.4) is 0 Å². The zero-order valence-corrected chi connectivity index (χ0v) is 13.0. The number of rotatable bonds is 7. The molecule has 0 spiro atoms. The van der Waals surface area contributed by atoms with E-state index in [-0.39, 0.29) is 0 Å². The maximum Gasteiger partial charge on any atom is 0.203 e. The highest BCUT2D eigenvalue weighted by molar-refractivity contribution is 5.54. The number of ether oxygens (including phenoxy) is 3. The fourth-order valence-corrected chi connectivity index (χ4v) is 3.12. The van der Waals surface area contributed by atoms with Crippen LogP contribution in [0.15, 0.2) is 12.1 Å². The molecule has 0 bridgehead atoms. The molecule has 116 valence electrons. The van der Waals surface area contributed by atoms with Crippen molar-refractivity contribution in [2.75, 3.05) is 26.9 Å². The summed E-state index contributed by atoms with van der Waals surface area (Å²) < 4.78 is 16.7. The molecule has 4 nitrogen and oxygen atoms in total. The van der Waals surface area contributed by atoms with E-state index < -0.39 is 0 Å². The van der Waals surface area contributed by atoms with Crippen molar-refractivity contribution in [3.63, 3.8) is 0 Å². The van der Waals surface area contributed by atoms with Gasteiger partial charge in [0.15, 0.2) is 11.5 Å². The Kier molecular flexibility index (Phi) is 4.24. The SMILES string of the molecule is CCCC1(CNCc2cc(OC)c3c(c2)OCCO3)CC1. The first-order valence-electron chi connectivity index (χ1n) is 7.93. The normalized spacial score (nSPS) is 18.4. The summed E-state index contributed by atoms with van der Waals surface area (Å²) in [5.41, 5.74) is 1.76. The van der Waals surface area contributed by atoms with Crippen molar-refractivity contribution in [2.45, 2.75) is 39.2 Å². The third-order valence-electron chi connectivity index (χ3n) is 4.45. The van der Waals surface area contributed by atoms with Gasteiger partial charge in [-0.3, -0.25) is 0 Å². The summed E-state index contributed by atoms with van der Waals surface area (Å²) in [7, 11) is 1.67. The number of hydrogen-bond donors (Lipinski definition) is 1. The van der Waals surface area contributed by atoms with Crippen LogP contribution in [0.4, 0.5) is 0 Å². The molecule has 1 aliphatic heterocycles. The van der Waals surface area contributed by atoms with Gasteiger partial charge in [0.05, 0.1) is 7.11 Å². The highest BCUT2D eigenvalue weighted by Crippen LogP contribution is 2.49. The average molecular weight is 291 g/mol. The van der Waals surface area contributed by atoms with Crippen LogP contribution in [0.2, 0.25) is 0 Å². The minimum Gasteiger partial charge on any atom is -0.493 e. The number of hydrogen-bond acceptors (Lipinski definition) is 4. The van der Waals surface area contributed by atoms with Crippen LogP contribution in [-0.2, 0) is 6.54 Å². The summed E-state index contributed by atoms with van der Waals surface area (Å²) in [5, 5.41) is 3.60. The fourth-order valence-electron chi connectivity index (χ4n) is 3.12. The summed E-state index contributed by atoms with van der Waals surface area (Å²) in [4.78, 5) is 0. The monoisotopic (exact) mass is 291 g/mol. The lowest BCUT2D eigenvalue weighted by molar-refractivity contribution is 0.165. The van der Waals surface area contributed by atoms with Gasteiger partial charge < -0.3 is 19.5 Å². The molecule has 0 saturated heterocycles. The Morgan fingerprint density at radius 3 is 2.76 bits per heavy atom. The molecule has 21 heavy (non-hydrogen) atoms. The van der Waals surface area contributed by atoms with E-state index in [1.807, 2.05) is 6.07 Å². The quantitative estimate of drug-likeness (QED) is 0.838. The first-order valence-corrected chi connectivity index (χ1v) is 7.93. The van der Waals surface area contributed by atoms with Gasteiger partial charge in [-0.05, 0) is 42.4 Å². The van der Waals surface area contributed by atoms with Crippen LogP contribution in [0, 0.1) is 5.41 Å². The van der Waals surface area contributed by atoms with Crippen molar-refractivity contribution >= 4 is 0 Å². The molecule has 1 heterocycles. The molecule has 1 saturated carbocycles. The summed E-state index contributed by atoms with van der Waals surface area (Å²) in [6.45, 7) is 5.41. The van der Waals surface area contributed by atoms with Crippen LogP contribution < -0.4 is 19.5 Å². The third-order valence-corrected chi connectivity index (χ3v) is 4.45. The maximum atomic E-state index is 5.67. The highest BCUT2D eigenvalue weighted by Gasteiger charge is 2.40. The Hall–Kier alpha value is -1.42. The van der Waals surface area contributed by atoms with E-state index in [0.717, 1.165) is 30.3 Å². The molecule has 0 unspecified atom stereocenters. The molecule has 4 heteroatoms. The molecule has 3 rings (SSSR count). The molecule has 0 aromatic heterocycles. The molecule has 1 N–H and O–H groups in total. The van der Waals surface area contributed by atoms with E-state index in [0.29, 0.717) is 18.6 Å². The van der Waals surface area contributed by atoms with Gasteiger partial charge in [0.2, 0.25) is 5.75 Å². The standard InChI is InChI=1S/C17H25NO3/c1-3-4-17(5-6-17)12-18-11-13-9-14(19-2)16-15(10-13)20-7-8-21-16/h9-10,18H,3-8,11-12H2,1-2H3. The fraction of sp³-hybridized carbons (Fsp3) is 0.647. The lowest BCUT2D eigenvalue weighted by Crippen LogP contribution is -2.24. The molecule has 0 atom stereocenters. The van der Waals surface area contributed by atoms with E-state index in [9.17, 15) is 0 Å². The van der Waals surface area contributed by atoms with Crippen molar-refractivity contribution in [1.29, 1.82) is 0 Å². The van der Waals surface area contributed by atoms with Gasteiger partial charge in [0.25, 0.3) is 0 Å². The van der Waals surface area contributed by atoms with E-state index in [1.165, 1.54) is 31.2 Å². The molecule has 0 amide bonds. The molecule has 1 aromatic carbocycles. The minimum atomic E-state index is 0.576. The van der Waals surface area contributed by atoms with Gasteiger partial charge in [0.1, 0.15) is 13.2 Å². The molecule has 0 radical (unpaired) electrons. The van der Waals surface area contributed by atoms with Gasteiger partial charge in [0, 0.05) is 13.1 Å². The number of benzene rings is 1. The Morgan fingerprint density at radius 1 is 1.24 bits per heavy atom. The lowest BCUT2D eigenvalue weighted by Gasteiger charge is -2.22. The Bertz CT molecular complexity index is 480. The van der Waals surface area contributed by atoms with E-state index in [1.54, 1.807) is 7.11 Å². The van der Waals surface area contributed by atoms with Gasteiger partial charge in [-0.1, -0.05) is 13.3 Å². The largest absolute Gasteiger partial charge is 0.493 e. The second-order valence-corrected chi connectivity index (χ2v) is 6.18. The topological polar surface area (TPSA) is 39.7 Å². The van der Waals surface area contributed by atoms with Crippen LogP contribution in [-0.4, -0.2) is 26.9 Å². The van der Waals surface area contributed by atoms with Crippen LogP contribution in [0.5, 0.6) is 17.2 Å². The molecular weight excluding hydrogens is 266 g/mol. The molecule has 1 aliphatic carbocycles. The Labute approximate surface area is 126 Å². The third kappa shape index (κ3) is 3.26. The predicted molar refractivity (Wildman–Crippen MR) is 82.3 cm³/mol. The zero-order chi connectivity index (χ0) is 14.7. The summed E-state index contributed by atoms with van der Waals surface area (Å²) in [5.74, 6) is 2.29. The van der Waals surface area contributed by atoms with Crippen molar-refractivity contribution in [2.24, 2.45) is 5.41 Å². The first kappa shape index (κ1) is 14.5. The van der Waals surface area contributed by atoms with Crippen molar-refractivity contribution in [3.05, 3.63) is 17.7 Å². The van der Waals surface area contributed by atoms with Crippen molar-refractivity contribution in [3.8, 4) is 17.2 Å². The van der Waals surface area contributed by atoms with Crippen LogP contribution in [0.25, 0.3) is 0 Å². The second kappa shape index (κ2) is 6.14. The van der Waals surface area contributed by atoms with Crippen LogP contribution >= 0.6 is 0 Å². The number of nitrogens with one attached hydrogen (secondary N) is 1. The molecule has 1 fully saturated rings. The summed E-state index contributed by atoms with van der Waals surface area (Å²) >= 11 is 0. The average Bonchev–Trinajstić information content (AvgIpc) is 3.26. The van der Waals surface area contributed by atoms with Gasteiger partial charge in [-0.25, -0.2) is 0 Å². The number of methoxy groups -OCH3 is 1. The predicted octanol–water partition coefficient (Wildman–Crippen LogP) is 3.14. The maximum absolute atomic E-state index is 5.67. The van der Waals surface area contributed by atoms with Crippen molar-refractivity contribution < 1.29 is 14.2 Å².